The number of likely N-dealkylation sites (N-methyl/N-ethyl adjacent to an activating group) is 1. The second-order valence-electron chi connectivity index (χ2n) is 4.88. The van der Waals surface area contributed by atoms with Gasteiger partial charge in [0.15, 0.2) is 5.03 Å². The second kappa shape index (κ2) is 4.99. The van der Waals surface area contributed by atoms with E-state index in [2.05, 4.69) is 9.97 Å². The first-order valence-corrected chi connectivity index (χ1v) is 7.64. The number of hydrogen-bond donors (Lipinski definition) is 2. The van der Waals surface area contributed by atoms with Crippen molar-refractivity contribution in [1.82, 2.24) is 14.3 Å². The van der Waals surface area contributed by atoms with Crippen LogP contribution in [0.3, 0.4) is 0 Å². The van der Waals surface area contributed by atoms with E-state index in [1.165, 1.54) is 16.8 Å². The van der Waals surface area contributed by atoms with E-state index < -0.39 is 15.6 Å². The van der Waals surface area contributed by atoms with Crippen LogP contribution >= 0.6 is 0 Å². The maximum Gasteiger partial charge on any atom is 0.260 e. The lowest BCUT2D eigenvalue weighted by atomic mass is 9.82. The van der Waals surface area contributed by atoms with E-state index in [0.29, 0.717) is 6.54 Å². The summed E-state index contributed by atoms with van der Waals surface area (Å²) in [4.78, 5) is 6.43. The van der Waals surface area contributed by atoms with Gasteiger partial charge in [0, 0.05) is 19.1 Å². The molecular formula is C11H20N4O2S. The Labute approximate surface area is 108 Å². The molecule has 0 spiro atoms. The molecule has 0 unspecified atom stereocenters. The van der Waals surface area contributed by atoms with Crippen molar-refractivity contribution in [3.8, 4) is 0 Å². The Morgan fingerprint density at radius 3 is 2.61 bits per heavy atom. The van der Waals surface area contributed by atoms with E-state index in [-0.39, 0.29) is 5.03 Å². The zero-order valence-electron chi connectivity index (χ0n) is 10.6. The van der Waals surface area contributed by atoms with Crippen LogP contribution in [0.2, 0.25) is 0 Å². The largest absolute Gasteiger partial charge is 0.335 e. The van der Waals surface area contributed by atoms with E-state index in [1.807, 2.05) is 0 Å². The van der Waals surface area contributed by atoms with Gasteiger partial charge in [0.05, 0.1) is 12.5 Å². The Morgan fingerprint density at radius 2 is 2.11 bits per heavy atom. The molecule has 0 atom stereocenters. The highest BCUT2D eigenvalue weighted by molar-refractivity contribution is 7.89. The predicted octanol–water partition coefficient (Wildman–Crippen LogP) is 0.692. The summed E-state index contributed by atoms with van der Waals surface area (Å²) in [6.45, 7) is 0.358. The summed E-state index contributed by atoms with van der Waals surface area (Å²) in [6, 6.07) is 0. The summed E-state index contributed by atoms with van der Waals surface area (Å²) < 4.78 is 26.3. The van der Waals surface area contributed by atoms with Gasteiger partial charge in [0.2, 0.25) is 0 Å². The lowest BCUT2D eigenvalue weighted by Crippen LogP contribution is -2.55. The van der Waals surface area contributed by atoms with Crippen molar-refractivity contribution < 1.29 is 8.42 Å². The molecule has 0 bridgehead atoms. The van der Waals surface area contributed by atoms with Gasteiger partial charge in [-0.25, -0.2) is 13.4 Å². The highest BCUT2D eigenvalue weighted by Gasteiger charge is 2.41. The number of aromatic amines is 1. The van der Waals surface area contributed by atoms with E-state index in [9.17, 15) is 8.42 Å². The minimum Gasteiger partial charge on any atom is -0.335 e. The molecule has 3 N–H and O–H groups in total. The Balaban J connectivity index is 2.32. The average Bonchev–Trinajstić information content (AvgIpc) is 2.93. The molecule has 2 rings (SSSR count). The molecule has 1 aliphatic carbocycles. The first-order valence-electron chi connectivity index (χ1n) is 6.20. The second-order valence-corrected chi connectivity index (χ2v) is 6.82. The topological polar surface area (TPSA) is 92.1 Å². The van der Waals surface area contributed by atoms with Crippen LogP contribution in [0.1, 0.15) is 32.1 Å². The molecule has 0 saturated heterocycles. The van der Waals surface area contributed by atoms with Crippen LogP contribution < -0.4 is 5.73 Å². The van der Waals surface area contributed by atoms with Gasteiger partial charge in [-0.2, -0.15) is 4.31 Å². The molecule has 0 aliphatic heterocycles. The van der Waals surface area contributed by atoms with Crippen LogP contribution in [-0.2, 0) is 10.0 Å². The van der Waals surface area contributed by atoms with Gasteiger partial charge >= 0.3 is 0 Å². The normalized spacial score (nSPS) is 20.2. The maximum atomic E-state index is 12.5. The number of nitrogens with one attached hydrogen (secondary N) is 1. The number of H-pyrrole nitrogens is 1. The summed E-state index contributed by atoms with van der Waals surface area (Å²) in [7, 11) is -1.91. The highest BCUT2D eigenvalue weighted by atomic mass is 32.2. The molecule has 1 fully saturated rings. The molecule has 7 heteroatoms. The smallest absolute Gasteiger partial charge is 0.260 e. The fraction of sp³-hybridized carbons (Fsp3) is 0.727. The number of rotatable bonds is 4. The summed E-state index contributed by atoms with van der Waals surface area (Å²) in [6.07, 6.45) is 7.57. The Bertz CT molecular complexity index is 477. The Hall–Kier alpha value is -0.920. The number of imidazole rings is 1. The molecule has 6 nitrogen and oxygen atoms in total. The van der Waals surface area contributed by atoms with Crippen LogP contribution in [0, 0.1) is 0 Å². The van der Waals surface area contributed by atoms with Crippen LogP contribution in [0.5, 0.6) is 0 Å². The van der Waals surface area contributed by atoms with Gasteiger partial charge in [-0.3, -0.25) is 0 Å². The molecule has 1 aromatic heterocycles. The fourth-order valence-corrected chi connectivity index (χ4v) is 4.10. The van der Waals surface area contributed by atoms with Gasteiger partial charge in [-0.05, 0) is 12.8 Å². The zero-order valence-corrected chi connectivity index (χ0v) is 11.4. The Morgan fingerprint density at radius 1 is 1.44 bits per heavy atom. The number of aromatic nitrogens is 2. The Kier molecular flexibility index (Phi) is 3.74. The third-order valence-corrected chi connectivity index (χ3v) is 5.83. The van der Waals surface area contributed by atoms with Gasteiger partial charge in [-0.1, -0.05) is 19.3 Å². The highest BCUT2D eigenvalue weighted by Crippen LogP contribution is 2.34. The molecule has 0 amide bonds. The molecule has 18 heavy (non-hydrogen) atoms. The summed E-state index contributed by atoms with van der Waals surface area (Å²) in [5.41, 5.74) is 5.42. The van der Waals surface area contributed by atoms with Crippen LogP contribution in [0.15, 0.2) is 17.6 Å². The molecule has 0 radical (unpaired) electrons. The molecule has 0 aromatic carbocycles. The van der Waals surface area contributed by atoms with Gasteiger partial charge in [-0.15, -0.1) is 0 Å². The first kappa shape index (κ1) is 13.5. The number of nitrogens with zero attached hydrogens (tertiary/aromatic N) is 2. The van der Waals surface area contributed by atoms with E-state index >= 15 is 0 Å². The molecule has 102 valence electrons. The minimum absolute atomic E-state index is 0.128. The van der Waals surface area contributed by atoms with E-state index in [4.69, 9.17) is 5.73 Å². The monoisotopic (exact) mass is 272 g/mol. The van der Waals surface area contributed by atoms with Crippen LogP contribution in [-0.4, -0.2) is 41.8 Å². The van der Waals surface area contributed by atoms with Crippen molar-refractivity contribution in [3.63, 3.8) is 0 Å². The number of nitrogens with two attached hydrogens (primary N) is 1. The lowest BCUT2D eigenvalue weighted by molar-refractivity contribution is 0.159. The maximum absolute atomic E-state index is 12.5. The van der Waals surface area contributed by atoms with Crippen molar-refractivity contribution in [2.75, 3.05) is 13.6 Å². The van der Waals surface area contributed by atoms with E-state index in [1.54, 1.807) is 7.05 Å². The summed E-state index contributed by atoms with van der Waals surface area (Å²) in [5, 5.41) is 0.128. The van der Waals surface area contributed by atoms with Crippen molar-refractivity contribution in [2.45, 2.75) is 42.7 Å². The molecule has 1 aliphatic rings. The van der Waals surface area contributed by atoms with Crippen molar-refractivity contribution >= 4 is 10.0 Å². The lowest BCUT2D eigenvalue weighted by Gasteiger charge is -2.42. The number of hydrogen-bond acceptors (Lipinski definition) is 4. The molecule has 1 heterocycles. The molecule has 1 aromatic rings. The van der Waals surface area contributed by atoms with E-state index in [0.717, 1.165) is 32.1 Å². The third-order valence-electron chi connectivity index (χ3n) is 3.94. The quantitative estimate of drug-likeness (QED) is 0.843. The third kappa shape index (κ3) is 2.17. The van der Waals surface area contributed by atoms with Gasteiger partial charge in [0.25, 0.3) is 10.0 Å². The molecule has 1 saturated carbocycles. The average molecular weight is 272 g/mol. The summed E-state index contributed by atoms with van der Waals surface area (Å²) >= 11 is 0. The van der Waals surface area contributed by atoms with Gasteiger partial charge < -0.3 is 10.7 Å². The summed E-state index contributed by atoms with van der Waals surface area (Å²) in [5.74, 6) is 0. The van der Waals surface area contributed by atoms with Crippen LogP contribution in [0.25, 0.3) is 0 Å². The zero-order chi connectivity index (χ0) is 13.2. The van der Waals surface area contributed by atoms with Crippen molar-refractivity contribution in [1.29, 1.82) is 0 Å². The first-order chi connectivity index (χ1) is 8.53. The van der Waals surface area contributed by atoms with Crippen LogP contribution in [0.4, 0.5) is 0 Å². The fourth-order valence-electron chi connectivity index (χ4n) is 2.64. The van der Waals surface area contributed by atoms with Crippen molar-refractivity contribution in [3.05, 3.63) is 12.5 Å². The van der Waals surface area contributed by atoms with Gasteiger partial charge in [0.1, 0.15) is 0 Å². The predicted molar refractivity (Wildman–Crippen MR) is 68.4 cm³/mol. The standard InChI is InChI=1S/C11H20N4O2S/c1-15(11(8-12)5-3-2-4-6-11)18(16,17)10-7-13-9-14-10/h7,9H,2-6,8,12H2,1H3,(H,13,14). The van der Waals surface area contributed by atoms with Crippen molar-refractivity contribution in [2.24, 2.45) is 5.73 Å². The molecular weight excluding hydrogens is 252 g/mol. The SMILES string of the molecule is CN(C1(CN)CCCCC1)S(=O)(=O)c1cnc[nH]1. The number of sulfonamides is 1. The minimum atomic E-state index is -3.53.